The van der Waals surface area contributed by atoms with E-state index in [4.69, 9.17) is 0 Å². The number of benzene rings is 1. The molecule has 0 heterocycles. The van der Waals surface area contributed by atoms with Crippen LogP contribution in [0, 0.1) is 13.8 Å². The van der Waals surface area contributed by atoms with Crippen LogP contribution in [-0.4, -0.2) is 38.9 Å². The lowest BCUT2D eigenvalue weighted by Gasteiger charge is -2.31. The highest BCUT2D eigenvalue weighted by molar-refractivity contribution is 7.89. The molecule has 1 aromatic rings. The van der Waals surface area contributed by atoms with Crippen LogP contribution in [0.3, 0.4) is 0 Å². The van der Waals surface area contributed by atoms with E-state index in [-0.39, 0.29) is 23.8 Å². The summed E-state index contributed by atoms with van der Waals surface area (Å²) in [5.74, 6) is 0.00434. The number of hydrogen-bond acceptors (Lipinski definition) is 3. The van der Waals surface area contributed by atoms with Crippen LogP contribution < -0.4 is 4.72 Å². The molecule has 0 aromatic heterocycles. The molecule has 0 aliphatic heterocycles. The van der Waals surface area contributed by atoms with Gasteiger partial charge in [0.2, 0.25) is 15.9 Å². The second-order valence-corrected chi connectivity index (χ2v) is 8.46. The normalized spacial score (nSPS) is 16.1. The van der Waals surface area contributed by atoms with E-state index in [2.05, 4.69) is 4.72 Å². The van der Waals surface area contributed by atoms with Crippen LogP contribution in [0.25, 0.3) is 0 Å². The monoisotopic (exact) mass is 352 g/mol. The van der Waals surface area contributed by atoms with Gasteiger partial charge in [-0.3, -0.25) is 4.79 Å². The highest BCUT2D eigenvalue weighted by Crippen LogP contribution is 2.22. The molecule has 5 nitrogen and oxygen atoms in total. The Hall–Kier alpha value is -1.40. The van der Waals surface area contributed by atoms with E-state index >= 15 is 0 Å². The Morgan fingerprint density at radius 2 is 1.83 bits per heavy atom. The molecule has 0 unspecified atom stereocenters. The molecule has 2 rings (SSSR count). The van der Waals surface area contributed by atoms with E-state index in [1.807, 2.05) is 20.9 Å². The average Bonchev–Trinajstić information content (AvgIpc) is 2.57. The van der Waals surface area contributed by atoms with Gasteiger partial charge in [-0.15, -0.1) is 0 Å². The van der Waals surface area contributed by atoms with Crippen LogP contribution in [-0.2, 0) is 14.8 Å². The van der Waals surface area contributed by atoms with Crippen LogP contribution in [0.1, 0.15) is 49.7 Å². The first-order valence-electron chi connectivity index (χ1n) is 8.64. The molecule has 0 radical (unpaired) electrons. The number of hydrogen-bond donors (Lipinski definition) is 1. The van der Waals surface area contributed by atoms with Crippen molar-refractivity contribution in [3.63, 3.8) is 0 Å². The number of rotatable bonds is 6. The minimum atomic E-state index is -3.57. The minimum absolute atomic E-state index is 0.00434. The minimum Gasteiger partial charge on any atom is -0.343 e. The van der Waals surface area contributed by atoms with Crippen molar-refractivity contribution >= 4 is 15.9 Å². The van der Waals surface area contributed by atoms with Crippen molar-refractivity contribution in [2.24, 2.45) is 0 Å². The van der Waals surface area contributed by atoms with Crippen molar-refractivity contribution in [3.05, 3.63) is 29.3 Å². The van der Waals surface area contributed by atoms with Crippen molar-refractivity contribution in [1.82, 2.24) is 9.62 Å². The summed E-state index contributed by atoms with van der Waals surface area (Å²) in [6.45, 7) is 3.96. The summed E-state index contributed by atoms with van der Waals surface area (Å²) in [7, 11) is -1.74. The lowest BCUT2D eigenvalue weighted by atomic mass is 9.94. The van der Waals surface area contributed by atoms with E-state index in [0.29, 0.717) is 6.04 Å². The maximum Gasteiger partial charge on any atom is 0.240 e. The van der Waals surface area contributed by atoms with Gasteiger partial charge in [-0.1, -0.05) is 25.3 Å². The molecule has 6 heteroatoms. The molecule has 1 aliphatic carbocycles. The molecular weight excluding hydrogens is 324 g/mol. The quantitative estimate of drug-likeness (QED) is 0.856. The number of carbonyl (C=O) groups excluding carboxylic acids is 1. The first kappa shape index (κ1) is 18.9. The lowest BCUT2D eigenvalue weighted by molar-refractivity contribution is -0.132. The van der Waals surface area contributed by atoms with Crippen molar-refractivity contribution in [3.8, 4) is 0 Å². The highest BCUT2D eigenvalue weighted by Gasteiger charge is 2.22. The molecule has 1 N–H and O–H groups in total. The molecule has 1 fully saturated rings. The number of nitrogens with one attached hydrogen (secondary N) is 1. The van der Waals surface area contributed by atoms with Crippen LogP contribution in [0.2, 0.25) is 0 Å². The summed E-state index contributed by atoms with van der Waals surface area (Å²) >= 11 is 0. The fraction of sp³-hybridized carbons (Fsp3) is 0.611. The van der Waals surface area contributed by atoms with Gasteiger partial charge < -0.3 is 4.90 Å². The van der Waals surface area contributed by atoms with Gasteiger partial charge in [-0.2, -0.15) is 0 Å². The van der Waals surface area contributed by atoms with Gasteiger partial charge in [0.1, 0.15) is 0 Å². The molecule has 1 amide bonds. The van der Waals surface area contributed by atoms with E-state index in [1.165, 1.54) is 19.3 Å². The molecule has 0 spiro atoms. The Labute approximate surface area is 145 Å². The first-order chi connectivity index (χ1) is 11.3. The molecule has 1 saturated carbocycles. The Balaban J connectivity index is 1.87. The fourth-order valence-electron chi connectivity index (χ4n) is 3.11. The van der Waals surface area contributed by atoms with Gasteiger partial charge in [0.25, 0.3) is 0 Å². The summed E-state index contributed by atoms with van der Waals surface area (Å²) in [5, 5.41) is 0. The topological polar surface area (TPSA) is 66.5 Å². The molecule has 0 atom stereocenters. The number of aryl methyl sites for hydroxylation is 2. The Bertz CT molecular complexity index is 680. The number of sulfonamides is 1. The molecule has 0 bridgehead atoms. The van der Waals surface area contributed by atoms with Crippen molar-refractivity contribution in [2.45, 2.75) is 63.3 Å². The largest absolute Gasteiger partial charge is 0.343 e. The van der Waals surface area contributed by atoms with Gasteiger partial charge >= 0.3 is 0 Å². The van der Waals surface area contributed by atoms with Gasteiger partial charge in [0.15, 0.2) is 0 Å². The number of carbonyl (C=O) groups is 1. The zero-order chi connectivity index (χ0) is 17.7. The summed E-state index contributed by atoms with van der Waals surface area (Å²) < 4.78 is 27.2. The zero-order valence-electron chi connectivity index (χ0n) is 14.8. The van der Waals surface area contributed by atoms with Crippen LogP contribution in [0.4, 0.5) is 0 Å². The Morgan fingerprint density at radius 3 is 2.46 bits per heavy atom. The summed E-state index contributed by atoms with van der Waals surface area (Å²) in [6, 6.07) is 5.36. The third-order valence-electron chi connectivity index (χ3n) is 4.94. The average molecular weight is 353 g/mol. The standard InChI is InChI=1S/C18H28N2O3S/c1-14-9-10-17(13-15(14)2)24(22,23)19-12-11-18(21)20(3)16-7-5-4-6-8-16/h9-10,13,16,19H,4-8,11-12H2,1-3H3. The zero-order valence-corrected chi connectivity index (χ0v) is 15.7. The molecule has 134 valence electrons. The van der Waals surface area contributed by atoms with Crippen molar-refractivity contribution < 1.29 is 13.2 Å². The number of nitrogens with zero attached hydrogens (tertiary/aromatic N) is 1. The van der Waals surface area contributed by atoms with Crippen LogP contribution >= 0.6 is 0 Å². The second-order valence-electron chi connectivity index (χ2n) is 6.69. The molecular formula is C18H28N2O3S. The predicted molar refractivity (Wildman–Crippen MR) is 95.4 cm³/mol. The maximum atomic E-state index is 12.3. The van der Waals surface area contributed by atoms with E-state index in [0.717, 1.165) is 24.0 Å². The summed E-state index contributed by atoms with van der Waals surface area (Å²) in [4.78, 5) is 14.3. The predicted octanol–water partition coefficient (Wildman–Crippen LogP) is 2.76. The van der Waals surface area contributed by atoms with Gasteiger partial charge in [-0.05, 0) is 49.9 Å². The number of amides is 1. The molecule has 24 heavy (non-hydrogen) atoms. The van der Waals surface area contributed by atoms with Gasteiger partial charge in [0.05, 0.1) is 4.90 Å². The highest BCUT2D eigenvalue weighted by atomic mass is 32.2. The van der Waals surface area contributed by atoms with Crippen molar-refractivity contribution in [1.29, 1.82) is 0 Å². The molecule has 1 aromatic carbocycles. The maximum absolute atomic E-state index is 12.3. The van der Waals surface area contributed by atoms with E-state index in [9.17, 15) is 13.2 Å². The second kappa shape index (κ2) is 8.12. The van der Waals surface area contributed by atoms with E-state index in [1.54, 1.807) is 23.1 Å². The third kappa shape index (κ3) is 4.80. The summed E-state index contributed by atoms with van der Waals surface area (Å²) in [6.07, 6.45) is 5.88. The van der Waals surface area contributed by atoms with Gasteiger partial charge in [0, 0.05) is 26.1 Å². The Kier molecular flexibility index (Phi) is 6.40. The molecule has 0 saturated heterocycles. The van der Waals surface area contributed by atoms with Crippen LogP contribution in [0.15, 0.2) is 23.1 Å². The third-order valence-corrected chi connectivity index (χ3v) is 6.39. The fourth-order valence-corrected chi connectivity index (χ4v) is 4.22. The summed E-state index contributed by atoms with van der Waals surface area (Å²) in [5.41, 5.74) is 1.99. The Morgan fingerprint density at radius 1 is 1.17 bits per heavy atom. The molecule has 1 aliphatic rings. The SMILES string of the molecule is Cc1ccc(S(=O)(=O)NCCC(=O)N(C)C2CCCCC2)cc1C. The van der Waals surface area contributed by atoms with Gasteiger partial charge in [-0.25, -0.2) is 13.1 Å². The first-order valence-corrected chi connectivity index (χ1v) is 10.1. The van der Waals surface area contributed by atoms with E-state index < -0.39 is 10.0 Å². The van der Waals surface area contributed by atoms with Crippen LogP contribution in [0.5, 0.6) is 0 Å². The smallest absolute Gasteiger partial charge is 0.240 e. The lowest BCUT2D eigenvalue weighted by Crippen LogP contribution is -2.39. The van der Waals surface area contributed by atoms with Crippen molar-refractivity contribution in [2.75, 3.05) is 13.6 Å².